The van der Waals surface area contributed by atoms with Gasteiger partial charge in [-0.3, -0.25) is 19.3 Å². The van der Waals surface area contributed by atoms with Crippen LogP contribution in [0.3, 0.4) is 0 Å². The van der Waals surface area contributed by atoms with Crippen LogP contribution in [0.4, 0.5) is 10.5 Å². The molecule has 33 heavy (non-hydrogen) atoms. The van der Waals surface area contributed by atoms with Crippen molar-refractivity contribution >= 4 is 62.5 Å². The lowest BCUT2D eigenvalue weighted by atomic mass is 10.2. The highest BCUT2D eigenvalue weighted by atomic mass is 79.9. The minimum Gasteiger partial charge on any atom is -0.481 e. The van der Waals surface area contributed by atoms with Crippen LogP contribution in [0.5, 0.6) is 5.75 Å². The zero-order valence-electron chi connectivity index (χ0n) is 17.9. The van der Waals surface area contributed by atoms with Crippen LogP contribution in [0.25, 0.3) is 6.08 Å². The van der Waals surface area contributed by atoms with E-state index in [4.69, 9.17) is 9.47 Å². The highest BCUT2D eigenvalue weighted by Crippen LogP contribution is 2.34. The Morgan fingerprint density at radius 1 is 1.18 bits per heavy atom. The fourth-order valence-electron chi connectivity index (χ4n) is 2.92. The van der Waals surface area contributed by atoms with Crippen molar-refractivity contribution in [2.45, 2.75) is 13.8 Å². The molecule has 0 unspecified atom stereocenters. The lowest BCUT2D eigenvalue weighted by Crippen LogP contribution is -2.36. The number of imide groups is 1. The number of nitrogens with zero attached hydrogens (tertiary/aromatic N) is 1. The number of hydrogen-bond donors (Lipinski definition) is 1. The fourth-order valence-corrected chi connectivity index (χ4v) is 4.27. The zero-order valence-corrected chi connectivity index (χ0v) is 20.3. The molecule has 0 radical (unpaired) electrons. The Labute approximate surface area is 203 Å². The van der Waals surface area contributed by atoms with Crippen LogP contribution in [0.1, 0.15) is 18.1 Å². The number of halogens is 1. The molecule has 2 aromatic rings. The normalized spacial score (nSPS) is 14.5. The van der Waals surface area contributed by atoms with Gasteiger partial charge in [-0.25, -0.2) is 4.79 Å². The van der Waals surface area contributed by atoms with Crippen molar-refractivity contribution < 1.29 is 28.7 Å². The number of thioether (sulfide) groups is 1. The van der Waals surface area contributed by atoms with E-state index >= 15 is 0 Å². The van der Waals surface area contributed by atoms with E-state index in [-0.39, 0.29) is 24.7 Å². The van der Waals surface area contributed by atoms with Gasteiger partial charge in [-0.05, 0) is 83.0 Å². The van der Waals surface area contributed by atoms with E-state index in [1.807, 2.05) is 13.0 Å². The molecule has 2 aromatic carbocycles. The molecule has 1 heterocycles. The Morgan fingerprint density at radius 3 is 2.67 bits per heavy atom. The molecule has 1 aliphatic heterocycles. The first kappa shape index (κ1) is 24.5. The van der Waals surface area contributed by atoms with Gasteiger partial charge in [0.05, 0.1) is 16.0 Å². The topological polar surface area (TPSA) is 102 Å². The molecule has 0 aliphatic carbocycles. The van der Waals surface area contributed by atoms with Gasteiger partial charge in [0.15, 0.2) is 6.61 Å². The number of carbonyl (C=O) groups is 4. The molecule has 1 saturated heterocycles. The van der Waals surface area contributed by atoms with Crippen molar-refractivity contribution in [3.05, 3.63) is 63.0 Å². The van der Waals surface area contributed by atoms with E-state index < -0.39 is 23.0 Å². The Morgan fingerprint density at radius 2 is 1.97 bits per heavy atom. The predicted molar refractivity (Wildman–Crippen MR) is 129 cm³/mol. The van der Waals surface area contributed by atoms with Gasteiger partial charge in [-0.2, -0.15) is 0 Å². The van der Waals surface area contributed by atoms with Crippen LogP contribution in [-0.4, -0.2) is 47.7 Å². The summed E-state index contributed by atoms with van der Waals surface area (Å²) in [6, 6.07) is 12.2. The van der Waals surface area contributed by atoms with Gasteiger partial charge in [0.25, 0.3) is 11.1 Å². The average molecular weight is 533 g/mol. The second kappa shape index (κ2) is 11.2. The van der Waals surface area contributed by atoms with Crippen molar-refractivity contribution in [3.8, 4) is 5.75 Å². The van der Waals surface area contributed by atoms with Gasteiger partial charge in [-0.15, -0.1) is 0 Å². The van der Waals surface area contributed by atoms with Crippen molar-refractivity contribution in [3.63, 3.8) is 0 Å². The Bertz CT molecular complexity index is 1130. The third-order valence-electron chi connectivity index (χ3n) is 4.38. The third kappa shape index (κ3) is 6.69. The van der Waals surface area contributed by atoms with Crippen LogP contribution in [0, 0.1) is 6.92 Å². The van der Waals surface area contributed by atoms with E-state index in [0.29, 0.717) is 21.5 Å². The van der Waals surface area contributed by atoms with Crippen LogP contribution >= 0.6 is 27.7 Å². The maximum absolute atomic E-state index is 12.7. The van der Waals surface area contributed by atoms with Crippen LogP contribution in [0.15, 0.2) is 51.8 Å². The largest absolute Gasteiger partial charge is 0.481 e. The first-order valence-corrected chi connectivity index (χ1v) is 11.6. The summed E-state index contributed by atoms with van der Waals surface area (Å²) in [6.07, 6.45) is 1.56. The predicted octanol–water partition coefficient (Wildman–Crippen LogP) is 4.37. The number of nitrogens with one attached hydrogen (secondary N) is 1. The second-order valence-electron chi connectivity index (χ2n) is 6.97. The highest BCUT2D eigenvalue weighted by molar-refractivity contribution is 9.10. The van der Waals surface area contributed by atoms with E-state index in [9.17, 15) is 19.2 Å². The summed E-state index contributed by atoms with van der Waals surface area (Å²) in [7, 11) is 0. The summed E-state index contributed by atoms with van der Waals surface area (Å²) in [5, 5.41) is 2.18. The number of aryl methyl sites for hydroxylation is 1. The van der Waals surface area contributed by atoms with Gasteiger partial charge < -0.3 is 14.8 Å². The maximum atomic E-state index is 12.7. The summed E-state index contributed by atoms with van der Waals surface area (Å²) in [5.74, 6) is -1.05. The lowest BCUT2D eigenvalue weighted by molar-refractivity contribution is -0.145. The molecule has 0 spiro atoms. The van der Waals surface area contributed by atoms with Crippen molar-refractivity contribution in [2.75, 3.05) is 25.1 Å². The first-order chi connectivity index (χ1) is 15.8. The number of anilines is 1. The van der Waals surface area contributed by atoms with Gasteiger partial charge in [0, 0.05) is 5.69 Å². The number of rotatable bonds is 8. The number of ether oxygens (including phenoxy) is 2. The first-order valence-electron chi connectivity index (χ1n) is 9.96. The minimum absolute atomic E-state index is 0.204. The smallest absolute Gasteiger partial charge is 0.344 e. The summed E-state index contributed by atoms with van der Waals surface area (Å²) >= 11 is 4.13. The van der Waals surface area contributed by atoms with Crippen molar-refractivity contribution in [2.24, 2.45) is 0 Å². The number of carbonyl (C=O) groups excluding carboxylic acids is 4. The molecule has 0 saturated carbocycles. The van der Waals surface area contributed by atoms with Gasteiger partial charge in [0.2, 0.25) is 5.91 Å². The molecule has 0 atom stereocenters. The van der Waals surface area contributed by atoms with E-state index in [0.717, 1.165) is 22.2 Å². The van der Waals surface area contributed by atoms with Gasteiger partial charge in [0.1, 0.15) is 12.3 Å². The Kier molecular flexibility index (Phi) is 8.29. The van der Waals surface area contributed by atoms with Gasteiger partial charge >= 0.3 is 5.97 Å². The second-order valence-corrected chi connectivity index (χ2v) is 8.82. The highest BCUT2D eigenvalue weighted by Gasteiger charge is 2.36. The Balaban J connectivity index is 1.64. The quantitative estimate of drug-likeness (QED) is 0.397. The molecule has 172 valence electrons. The van der Waals surface area contributed by atoms with E-state index in [1.165, 1.54) is 0 Å². The number of amides is 3. The molecule has 1 N–H and O–H groups in total. The fraction of sp³-hybridized carbons (Fsp3) is 0.217. The lowest BCUT2D eigenvalue weighted by Gasteiger charge is -2.12. The van der Waals surface area contributed by atoms with E-state index in [1.54, 1.807) is 49.4 Å². The summed E-state index contributed by atoms with van der Waals surface area (Å²) in [6.45, 7) is 3.27. The molecular weight excluding hydrogens is 512 g/mol. The van der Waals surface area contributed by atoms with Crippen LogP contribution in [0.2, 0.25) is 0 Å². The SMILES string of the molecule is CCOC(=O)COc1ccc(/C=C2\SC(=O)N(CC(=O)Nc3cccc(C)c3)C2=O)cc1Br. The minimum atomic E-state index is -0.539. The molecule has 1 fully saturated rings. The summed E-state index contributed by atoms with van der Waals surface area (Å²) < 4.78 is 10.8. The van der Waals surface area contributed by atoms with Crippen LogP contribution < -0.4 is 10.1 Å². The number of benzene rings is 2. The molecule has 3 amide bonds. The molecule has 0 aromatic heterocycles. The van der Waals surface area contributed by atoms with Crippen LogP contribution in [-0.2, 0) is 19.1 Å². The van der Waals surface area contributed by atoms with Gasteiger partial charge in [-0.1, -0.05) is 18.2 Å². The number of esters is 1. The van der Waals surface area contributed by atoms with E-state index in [2.05, 4.69) is 21.2 Å². The molecule has 10 heteroatoms. The third-order valence-corrected chi connectivity index (χ3v) is 5.91. The average Bonchev–Trinajstić information content (AvgIpc) is 3.00. The monoisotopic (exact) mass is 532 g/mol. The Hall–Kier alpha value is -3.11. The zero-order chi connectivity index (χ0) is 24.0. The summed E-state index contributed by atoms with van der Waals surface area (Å²) in [4.78, 5) is 49.9. The maximum Gasteiger partial charge on any atom is 0.344 e. The molecule has 1 aliphatic rings. The van der Waals surface area contributed by atoms with Crippen molar-refractivity contribution in [1.82, 2.24) is 4.90 Å². The van der Waals surface area contributed by atoms with Crippen molar-refractivity contribution in [1.29, 1.82) is 0 Å². The summed E-state index contributed by atoms with van der Waals surface area (Å²) in [5.41, 5.74) is 2.21. The molecule has 3 rings (SSSR count). The number of hydrogen-bond acceptors (Lipinski definition) is 7. The molecular formula is C23H21BrN2O6S. The molecule has 8 nitrogen and oxygen atoms in total. The standard InChI is InChI=1S/C23H21BrN2O6S/c1-3-31-21(28)13-32-18-8-7-15(10-17(18)24)11-19-22(29)26(23(30)33-19)12-20(27)25-16-6-4-5-14(2)9-16/h4-11H,3,12-13H2,1-2H3,(H,25,27)/b19-11-. The molecule has 0 bridgehead atoms.